The van der Waals surface area contributed by atoms with Crippen molar-refractivity contribution < 1.29 is 14.0 Å². The smallest absolute Gasteiger partial charge is 0.192 e. The second kappa shape index (κ2) is 6.86. The summed E-state index contributed by atoms with van der Waals surface area (Å²) < 4.78 is 13.0. The Kier molecular flexibility index (Phi) is 5.35. The molecule has 0 spiro atoms. The molecule has 1 saturated carbocycles. The second-order valence-electron chi connectivity index (χ2n) is 10.4. The fourth-order valence-corrected chi connectivity index (χ4v) is 8.10. The molecule has 0 bridgehead atoms. The highest BCUT2D eigenvalue weighted by Gasteiger charge is 2.55. The van der Waals surface area contributed by atoms with Gasteiger partial charge in [0.05, 0.1) is 12.2 Å². The van der Waals surface area contributed by atoms with E-state index in [1.54, 1.807) is 0 Å². The molecule has 1 heterocycles. The van der Waals surface area contributed by atoms with Gasteiger partial charge in [-0.05, 0) is 42.3 Å². The van der Waals surface area contributed by atoms with Gasteiger partial charge in [-0.25, -0.2) is 0 Å². The van der Waals surface area contributed by atoms with E-state index in [0.717, 1.165) is 6.42 Å². The van der Waals surface area contributed by atoms with Crippen LogP contribution in [0, 0.1) is 35.5 Å². The van der Waals surface area contributed by atoms with Gasteiger partial charge in [-0.15, -0.1) is 0 Å². The molecule has 0 N–H and O–H groups in total. The minimum Gasteiger partial charge on any atom is -0.413 e. The average Bonchev–Trinajstić information content (AvgIpc) is 2.54. The second-order valence-corrected chi connectivity index (χ2v) is 15.0. The van der Waals surface area contributed by atoms with Gasteiger partial charge in [0.2, 0.25) is 0 Å². The number of carbonyl (C=O) groups excluding carboxylic acids is 1. The van der Waals surface area contributed by atoms with Crippen LogP contribution in [-0.4, -0.2) is 32.9 Å². The van der Waals surface area contributed by atoms with Crippen molar-refractivity contribution in [2.75, 3.05) is 6.61 Å². The Balaban J connectivity index is 1.91. The summed E-state index contributed by atoms with van der Waals surface area (Å²) in [7, 11) is -1.93. The van der Waals surface area contributed by atoms with Crippen molar-refractivity contribution in [2.24, 2.45) is 35.5 Å². The Labute approximate surface area is 161 Å². The molecule has 1 aliphatic heterocycles. The van der Waals surface area contributed by atoms with Gasteiger partial charge < -0.3 is 9.16 Å². The highest BCUT2D eigenvalue weighted by atomic mass is 28.4. The number of rotatable bonds is 4. The van der Waals surface area contributed by atoms with Gasteiger partial charge in [-0.3, -0.25) is 4.79 Å². The Morgan fingerprint density at radius 1 is 1.23 bits per heavy atom. The fourth-order valence-electron chi connectivity index (χ4n) is 5.34. The third-order valence-electron chi connectivity index (χ3n) is 8.27. The van der Waals surface area contributed by atoms with E-state index >= 15 is 0 Å². The van der Waals surface area contributed by atoms with Crippen molar-refractivity contribution in [3.8, 4) is 0 Å². The highest BCUT2D eigenvalue weighted by Crippen LogP contribution is 2.52. The van der Waals surface area contributed by atoms with E-state index in [9.17, 15) is 4.79 Å². The maximum absolute atomic E-state index is 12.6. The van der Waals surface area contributed by atoms with Gasteiger partial charge in [0.1, 0.15) is 6.61 Å². The SMILES string of the molecule is CC(C)C(C)(C)[Si](C)(C)O[C@H]1[C@@H]2C=C[C@H](C)[C@@H]3C(=O)CO[C@H](C[C@H]1C)[C@H]23. The molecule has 1 saturated heterocycles. The van der Waals surface area contributed by atoms with Crippen molar-refractivity contribution in [1.29, 1.82) is 0 Å². The lowest BCUT2D eigenvalue weighted by Gasteiger charge is -2.55. The van der Waals surface area contributed by atoms with Crippen LogP contribution >= 0.6 is 0 Å². The Bertz CT molecular complexity index is 580. The van der Waals surface area contributed by atoms with Crippen LogP contribution in [0.1, 0.15) is 48.0 Å². The maximum atomic E-state index is 12.6. The lowest BCUT2D eigenvalue weighted by Crippen LogP contribution is -2.60. The van der Waals surface area contributed by atoms with Gasteiger partial charge in [-0.1, -0.05) is 53.7 Å². The van der Waals surface area contributed by atoms with Crippen LogP contribution in [-0.2, 0) is 14.0 Å². The first-order chi connectivity index (χ1) is 12.0. The largest absolute Gasteiger partial charge is 0.413 e. The summed E-state index contributed by atoms with van der Waals surface area (Å²) in [6.07, 6.45) is 6.06. The Morgan fingerprint density at radius 2 is 1.88 bits per heavy atom. The zero-order chi connectivity index (χ0) is 19.4. The van der Waals surface area contributed by atoms with Gasteiger partial charge >= 0.3 is 0 Å². The lowest BCUT2D eigenvalue weighted by molar-refractivity contribution is -0.167. The van der Waals surface area contributed by atoms with E-state index in [1.807, 2.05) is 0 Å². The Morgan fingerprint density at radius 3 is 2.50 bits per heavy atom. The zero-order valence-electron chi connectivity index (χ0n) is 17.9. The summed E-state index contributed by atoms with van der Waals surface area (Å²) in [5, 5.41) is 0.202. The fraction of sp³-hybridized carbons (Fsp3) is 0.864. The van der Waals surface area contributed by atoms with E-state index in [-0.39, 0.29) is 23.2 Å². The summed E-state index contributed by atoms with van der Waals surface area (Å²) in [5.74, 6) is 2.38. The Hall–Kier alpha value is -0.453. The number of carbonyl (C=O) groups is 1. The predicted molar refractivity (Wildman–Crippen MR) is 109 cm³/mol. The van der Waals surface area contributed by atoms with Crippen LogP contribution in [0.25, 0.3) is 0 Å². The molecule has 3 aliphatic rings. The van der Waals surface area contributed by atoms with E-state index in [4.69, 9.17) is 9.16 Å². The van der Waals surface area contributed by atoms with Crippen molar-refractivity contribution in [2.45, 2.75) is 78.3 Å². The van der Waals surface area contributed by atoms with Crippen molar-refractivity contribution in [3.05, 3.63) is 12.2 Å². The third kappa shape index (κ3) is 3.16. The maximum Gasteiger partial charge on any atom is 0.192 e. The molecule has 0 radical (unpaired) electrons. The summed E-state index contributed by atoms with van der Waals surface area (Å²) in [6, 6.07) is 0. The zero-order valence-corrected chi connectivity index (χ0v) is 18.9. The topological polar surface area (TPSA) is 35.5 Å². The lowest BCUT2D eigenvalue weighted by atomic mass is 9.59. The number of ketones is 1. The first-order valence-corrected chi connectivity index (χ1v) is 13.4. The molecule has 0 unspecified atom stereocenters. The molecule has 0 amide bonds. The van der Waals surface area contributed by atoms with E-state index in [0.29, 0.717) is 42.0 Å². The highest BCUT2D eigenvalue weighted by molar-refractivity contribution is 6.74. The van der Waals surface area contributed by atoms with Crippen LogP contribution in [0.2, 0.25) is 18.1 Å². The number of ether oxygens (including phenoxy) is 1. The average molecular weight is 379 g/mol. The number of hydrogen-bond donors (Lipinski definition) is 0. The summed E-state index contributed by atoms with van der Waals surface area (Å²) in [5.41, 5.74) is 0. The first kappa shape index (κ1) is 20.3. The van der Waals surface area contributed by atoms with Crippen molar-refractivity contribution in [1.82, 2.24) is 0 Å². The normalized spacial score (nSPS) is 40.7. The van der Waals surface area contributed by atoms with E-state index in [2.05, 4.69) is 66.8 Å². The van der Waals surface area contributed by atoms with Gasteiger partial charge in [0.25, 0.3) is 0 Å². The predicted octanol–water partition coefficient (Wildman–Crippen LogP) is 5.08. The van der Waals surface area contributed by atoms with Gasteiger partial charge in [0, 0.05) is 17.8 Å². The molecule has 3 nitrogen and oxygen atoms in total. The van der Waals surface area contributed by atoms with E-state index < -0.39 is 8.32 Å². The number of Topliss-reactive ketones (excluding diaryl/α,β-unsaturated/α-hetero) is 1. The molecular weight excluding hydrogens is 340 g/mol. The van der Waals surface area contributed by atoms with Crippen LogP contribution in [0.3, 0.4) is 0 Å². The molecule has 26 heavy (non-hydrogen) atoms. The molecule has 4 heteroatoms. The molecule has 2 fully saturated rings. The van der Waals surface area contributed by atoms with E-state index in [1.165, 1.54) is 0 Å². The molecule has 3 rings (SSSR count). The molecule has 0 aromatic rings. The molecule has 0 aromatic heterocycles. The van der Waals surface area contributed by atoms with Gasteiger partial charge in [-0.2, -0.15) is 0 Å². The standard InChI is InChI=1S/C22H38O3Si/c1-13(2)22(5,6)26(7,8)25-21-15(4)11-18-20-16(21)10-9-14(3)19(20)17(23)12-24-18/h9-10,13-16,18-21H,11-12H2,1-8H3/t14-,15+,16+,18+,19+,20-,21+/m0/s1. The number of allylic oxidation sites excluding steroid dienone is 1. The van der Waals surface area contributed by atoms with Crippen LogP contribution < -0.4 is 0 Å². The molecule has 2 aliphatic carbocycles. The van der Waals surface area contributed by atoms with Crippen LogP contribution in [0.5, 0.6) is 0 Å². The van der Waals surface area contributed by atoms with Crippen molar-refractivity contribution in [3.63, 3.8) is 0 Å². The third-order valence-corrected chi connectivity index (χ3v) is 12.8. The number of hydrogen-bond acceptors (Lipinski definition) is 3. The minimum atomic E-state index is -1.93. The summed E-state index contributed by atoms with van der Waals surface area (Å²) in [4.78, 5) is 12.6. The van der Waals surface area contributed by atoms with Gasteiger partial charge in [0.15, 0.2) is 14.1 Å². The summed E-state index contributed by atoms with van der Waals surface area (Å²) >= 11 is 0. The molecule has 148 valence electrons. The van der Waals surface area contributed by atoms with Crippen LogP contribution in [0.4, 0.5) is 0 Å². The molecule has 0 aromatic carbocycles. The first-order valence-electron chi connectivity index (χ1n) is 10.5. The minimum absolute atomic E-state index is 0.116. The molecular formula is C22H38O3Si. The van der Waals surface area contributed by atoms with Crippen LogP contribution in [0.15, 0.2) is 12.2 Å². The van der Waals surface area contributed by atoms with Crippen molar-refractivity contribution >= 4 is 14.1 Å². The monoisotopic (exact) mass is 378 g/mol. The molecule has 7 atom stereocenters. The quantitative estimate of drug-likeness (QED) is 0.506. The summed E-state index contributed by atoms with van der Waals surface area (Å²) in [6.45, 7) is 18.9.